The van der Waals surface area contributed by atoms with E-state index in [9.17, 15) is 4.79 Å². The minimum atomic E-state index is -0.0349. The van der Waals surface area contributed by atoms with Gasteiger partial charge < -0.3 is 15.1 Å². The Kier molecular flexibility index (Phi) is 5.71. The van der Waals surface area contributed by atoms with E-state index in [0.29, 0.717) is 17.9 Å². The van der Waals surface area contributed by atoms with Gasteiger partial charge in [0.15, 0.2) is 0 Å². The van der Waals surface area contributed by atoms with Crippen molar-refractivity contribution in [2.24, 2.45) is 0 Å². The molecular formula is C22H24N4O. The zero-order valence-corrected chi connectivity index (χ0v) is 15.9. The fourth-order valence-electron chi connectivity index (χ4n) is 2.77. The van der Waals surface area contributed by atoms with Crippen LogP contribution in [0.5, 0.6) is 0 Å². The van der Waals surface area contributed by atoms with Crippen LogP contribution in [0, 0.1) is 0 Å². The monoisotopic (exact) mass is 360 g/mol. The molecule has 1 amide bonds. The lowest BCUT2D eigenvalue weighted by Crippen LogP contribution is -2.26. The van der Waals surface area contributed by atoms with Gasteiger partial charge in [-0.25, -0.2) is 4.98 Å². The number of hydrogen-bond donors (Lipinski definition) is 1. The van der Waals surface area contributed by atoms with Crippen molar-refractivity contribution in [3.05, 3.63) is 84.1 Å². The number of amides is 1. The van der Waals surface area contributed by atoms with Crippen molar-refractivity contribution in [2.75, 3.05) is 31.4 Å². The second-order valence-corrected chi connectivity index (χ2v) is 6.64. The summed E-state index contributed by atoms with van der Waals surface area (Å²) in [5.74, 6) is 0.610. The van der Waals surface area contributed by atoms with Gasteiger partial charge in [-0.2, -0.15) is 0 Å². The van der Waals surface area contributed by atoms with E-state index in [0.717, 1.165) is 16.9 Å². The van der Waals surface area contributed by atoms with Crippen LogP contribution in [0.3, 0.4) is 0 Å². The molecule has 1 heterocycles. The quantitative estimate of drug-likeness (QED) is 0.717. The third-order valence-electron chi connectivity index (χ3n) is 4.27. The average molecular weight is 360 g/mol. The number of benzene rings is 2. The summed E-state index contributed by atoms with van der Waals surface area (Å²) in [5.41, 5.74) is 3.76. The second-order valence-electron chi connectivity index (χ2n) is 6.64. The smallest absolute Gasteiger partial charge is 0.254 e. The summed E-state index contributed by atoms with van der Waals surface area (Å²) in [5, 5.41) is 3.25. The van der Waals surface area contributed by atoms with Crippen molar-refractivity contribution in [1.29, 1.82) is 0 Å². The number of carbonyl (C=O) groups is 1. The number of carbonyl (C=O) groups excluding carboxylic acids is 1. The standard InChI is InChI=1S/C22H24N4O/c1-25(2)20-11-9-19(10-12-20)24-21-15-18(13-14-23-21)22(27)26(3)16-17-7-5-4-6-8-17/h4-15H,16H2,1-3H3,(H,23,24). The highest BCUT2D eigenvalue weighted by Gasteiger charge is 2.13. The van der Waals surface area contributed by atoms with E-state index in [2.05, 4.69) is 10.3 Å². The van der Waals surface area contributed by atoms with Crippen LogP contribution in [0.1, 0.15) is 15.9 Å². The molecule has 0 fully saturated rings. The number of pyridine rings is 1. The molecule has 0 saturated carbocycles. The van der Waals surface area contributed by atoms with Crippen LogP contribution in [0.4, 0.5) is 17.2 Å². The van der Waals surface area contributed by atoms with Crippen LogP contribution >= 0.6 is 0 Å². The van der Waals surface area contributed by atoms with Gasteiger partial charge in [0.2, 0.25) is 0 Å². The molecule has 0 spiro atoms. The summed E-state index contributed by atoms with van der Waals surface area (Å²) in [6.45, 7) is 0.566. The molecule has 0 aliphatic rings. The zero-order valence-electron chi connectivity index (χ0n) is 15.9. The Morgan fingerprint density at radius 2 is 1.67 bits per heavy atom. The second kappa shape index (κ2) is 8.36. The summed E-state index contributed by atoms with van der Waals surface area (Å²) in [6.07, 6.45) is 1.65. The first-order valence-electron chi connectivity index (χ1n) is 8.83. The van der Waals surface area contributed by atoms with Gasteiger partial charge in [0, 0.05) is 50.8 Å². The van der Waals surface area contributed by atoms with Gasteiger partial charge in [-0.15, -0.1) is 0 Å². The minimum absolute atomic E-state index is 0.0349. The molecule has 0 unspecified atom stereocenters. The number of rotatable bonds is 6. The number of nitrogens with one attached hydrogen (secondary N) is 1. The Bertz CT molecular complexity index is 892. The molecule has 0 aliphatic carbocycles. The van der Waals surface area contributed by atoms with E-state index >= 15 is 0 Å². The lowest BCUT2D eigenvalue weighted by molar-refractivity contribution is 0.0785. The predicted octanol–water partition coefficient (Wildman–Crippen LogP) is 4.16. The van der Waals surface area contributed by atoms with Crippen LogP contribution in [-0.2, 0) is 6.54 Å². The predicted molar refractivity (Wildman–Crippen MR) is 111 cm³/mol. The molecule has 0 aliphatic heterocycles. The molecule has 5 heteroatoms. The van der Waals surface area contributed by atoms with Crippen molar-refractivity contribution in [1.82, 2.24) is 9.88 Å². The number of anilines is 3. The summed E-state index contributed by atoms with van der Waals surface area (Å²) < 4.78 is 0. The lowest BCUT2D eigenvalue weighted by Gasteiger charge is -2.18. The molecule has 0 radical (unpaired) electrons. The Morgan fingerprint density at radius 1 is 0.963 bits per heavy atom. The van der Waals surface area contributed by atoms with E-state index in [1.807, 2.05) is 80.6 Å². The van der Waals surface area contributed by atoms with Crippen LogP contribution in [0.25, 0.3) is 0 Å². The molecular weight excluding hydrogens is 336 g/mol. The normalized spacial score (nSPS) is 10.3. The minimum Gasteiger partial charge on any atom is -0.378 e. The fraction of sp³-hybridized carbons (Fsp3) is 0.182. The third kappa shape index (κ3) is 4.85. The first-order chi connectivity index (χ1) is 13.0. The number of aromatic nitrogens is 1. The van der Waals surface area contributed by atoms with Crippen LogP contribution in [-0.4, -0.2) is 36.9 Å². The summed E-state index contributed by atoms with van der Waals surface area (Å²) in [4.78, 5) is 20.8. The highest BCUT2D eigenvalue weighted by atomic mass is 16.2. The average Bonchev–Trinajstić information content (AvgIpc) is 2.69. The van der Waals surface area contributed by atoms with Crippen molar-refractivity contribution < 1.29 is 4.79 Å². The largest absolute Gasteiger partial charge is 0.378 e. The summed E-state index contributed by atoms with van der Waals surface area (Å²) in [6, 6.07) is 21.5. The molecule has 2 aromatic carbocycles. The molecule has 27 heavy (non-hydrogen) atoms. The van der Waals surface area contributed by atoms with Crippen LogP contribution in [0.15, 0.2) is 72.9 Å². The molecule has 0 bridgehead atoms. The summed E-state index contributed by atoms with van der Waals surface area (Å²) in [7, 11) is 5.82. The zero-order chi connectivity index (χ0) is 19.2. The van der Waals surface area contributed by atoms with Gasteiger partial charge in [-0.1, -0.05) is 30.3 Å². The highest BCUT2D eigenvalue weighted by Crippen LogP contribution is 2.20. The Labute approximate surface area is 160 Å². The van der Waals surface area contributed by atoms with Gasteiger partial charge in [-0.05, 0) is 42.0 Å². The maximum atomic E-state index is 12.7. The first kappa shape index (κ1) is 18.5. The van der Waals surface area contributed by atoms with Crippen molar-refractivity contribution >= 4 is 23.1 Å². The van der Waals surface area contributed by atoms with Crippen molar-refractivity contribution in [3.8, 4) is 0 Å². The van der Waals surface area contributed by atoms with Crippen molar-refractivity contribution in [3.63, 3.8) is 0 Å². The maximum Gasteiger partial charge on any atom is 0.254 e. The molecule has 3 aromatic rings. The molecule has 1 N–H and O–H groups in total. The van der Waals surface area contributed by atoms with Gasteiger partial charge in [0.25, 0.3) is 5.91 Å². The molecule has 0 atom stereocenters. The molecule has 0 saturated heterocycles. The fourth-order valence-corrected chi connectivity index (χ4v) is 2.77. The van der Waals surface area contributed by atoms with Gasteiger partial charge in [0.1, 0.15) is 5.82 Å². The molecule has 1 aromatic heterocycles. The maximum absolute atomic E-state index is 12.7. The van der Waals surface area contributed by atoms with Gasteiger partial charge >= 0.3 is 0 Å². The Hall–Kier alpha value is -3.34. The van der Waals surface area contributed by atoms with E-state index in [1.165, 1.54) is 0 Å². The number of hydrogen-bond acceptors (Lipinski definition) is 4. The van der Waals surface area contributed by atoms with Gasteiger partial charge in [0.05, 0.1) is 0 Å². The summed E-state index contributed by atoms with van der Waals surface area (Å²) >= 11 is 0. The Morgan fingerprint density at radius 3 is 2.33 bits per heavy atom. The van der Waals surface area contributed by atoms with E-state index < -0.39 is 0 Å². The molecule has 5 nitrogen and oxygen atoms in total. The highest BCUT2D eigenvalue weighted by molar-refractivity contribution is 5.94. The SMILES string of the molecule is CN(Cc1ccccc1)C(=O)c1ccnc(Nc2ccc(N(C)C)cc2)c1. The van der Waals surface area contributed by atoms with Crippen molar-refractivity contribution in [2.45, 2.75) is 6.54 Å². The topological polar surface area (TPSA) is 48.5 Å². The van der Waals surface area contributed by atoms with E-state index in [1.54, 1.807) is 23.2 Å². The third-order valence-corrected chi connectivity index (χ3v) is 4.27. The van der Waals surface area contributed by atoms with Crippen LogP contribution < -0.4 is 10.2 Å². The van der Waals surface area contributed by atoms with E-state index in [4.69, 9.17) is 0 Å². The molecule has 138 valence electrons. The van der Waals surface area contributed by atoms with Gasteiger partial charge in [-0.3, -0.25) is 4.79 Å². The van der Waals surface area contributed by atoms with Crippen LogP contribution in [0.2, 0.25) is 0 Å². The Balaban J connectivity index is 1.70. The number of nitrogens with zero attached hydrogens (tertiary/aromatic N) is 3. The lowest BCUT2D eigenvalue weighted by atomic mass is 10.2. The molecule has 3 rings (SSSR count). The van der Waals surface area contributed by atoms with E-state index in [-0.39, 0.29) is 5.91 Å². The first-order valence-corrected chi connectivity index (χ1v) is 8.83.